The summed E-state index contributed by atoms with van der Waals surface area (Å²) in [5.41, 5.74) is 5.92. The van der Waals surface area contributed by atoms with Crippen molar-refractivity contribution < 1.29 is 33.7 Å². The Morgan fingerprint density at radius 2 is 1.49 bits per heavy atom. The van der Waals surface area contributed by atoms with E-state index in [-0.39, 0.29) is 34.5 Å². The second-order valence-corrected chi connectivity index (χ2v) is 25.5. The number of amides is 2. The number of alkyl carbamates (subject to hydrolysis) is 1. The summed E-state index contributed by atoms with van der Waals surface area (Å²) in [6, 6.07) is 38.2. The van der Waals surface area contributed by atoms with Crippen LogP contribution in [0.1, 0.15) is 95.6 Å². The largest absolute Gasteiger partial charge is 0.506 e. The number of carboxylic acid groups (broad SMARTS) is 1. The lowest BCUT2D eigenvalue weighted by Crippen LogP contribution is -2.47. The molecule has 0 spiro atoms. The van der Waals surface area contributed by atoms with Crippen LogP contribution >= 0.6 is 0 Å². The zero-order valence-electron chi connectivity index (χ0n) is 41.7. The highest BCUT2D eigenvalue weighted by Crippen LogP contribution is 2.42. The maximum absolute atomic E-state index is 13.1. The summed E-state index contributed by atoms with van der Waals surface area (Å²) in [4.78, 5) is 42.0. The summed E-state index contributed by atoms with van der Waals surface area (Å²) in [6.07, 6.45) is 5.50. The third kappa shape index (κ3) is 13.3. The number of nitrogens with zero attached hydrogens (tertiary/aromatic N) is 1. The summed E-state index contributed by atoms with van der Waals surface area (Å²) in [5, 5.41) is 28.5. The number of carbonyl (C=O) groups is 2. The molecule has 7 rings (SSSR count). The zero-order valence-corrected chi connectivity index (χ0v) is 42.7. The van der Waals surface area contributed by atoms with Crippen molar-refractivity contribution in [1.82, 2.24) is 15.6 Å². The van der Waals surface area contributed by atoms with E-state index in [1.54, 1.807) is 12.1 Å². The molecule has 70 heavy (non-hydrogen) atoms. The van der Waals surface area contributed by atoms with Gasteiger partial charge in [0.15, 0.2) is 8.32 Å². The summed E-state index contributed by atoms with van der Waals surface area (Å²) in [6.45, 7) is 17.7. The number of aromatic amines is 1. The van der Waals surface area contributed by atoms with Crippen molar-refractivity contribution in [3.05, 3.63) is 160 Å². The molecule has 13 heteroatoms. The molecular formula is C57H68N4O8Si. The number of benzene rings is 5. The van der Waals surface area contributed by atoms with Gasteiger partial charge in [0.05, 0.1) is 17.3 Å². The van der Waals surface area contributed by atoms with Gasteiger partial charge >= 0.3 is 12.2 Å². The molecule has 5 aromatic carbocycles. The van der Waals surface area contributed by atoms with E-state index in [2.05, 4.69) is 55.6 Å². The molecule has 0 radical (unpaired) electrons. The van der Waals surface area contributed by atoms with Crippen molar-refractivity contribution in [3.63, 3.8) is 0 Å². The van der Waals surface area contributed by atoms with Gasteiger partial charge < -0.3 is 39.7 Å². The van der Waals surface area contributed by atoms with E-state index in [1.165, 1.54) is 11.0 Å². The van der Waals surface area contributed by atoms with Crippen molar-refractivity contribution in [3.8, 4) is 28.4 Å². The molecule has 0 saturated heterocycles. The summed E-state index contributed by atoms with van der Waals surface area (Å²) in [5.74, 6) is 1.46. The van der Waals surface area contributed by atoms with Gasteiger partial charge in [0, 0.05) is 42.2 Å². The predicted octanol–water partition coefficient (Wildman–Crippen LogP) is 13.1. The lowest BCUT2D eigenvalue weighted by atomic mass is 9.89. The number of carbonyl (C=O) groups excluding carboxylic acids is 1. The standard InChI is InChI=1S/C57H68N4O8Si/c1-56(2,3)68-54(64)59-42-22-24-43(25-23-42)61(55(65)66)49-35-39(21-30-46(49)41-15-10-9-11-16-41)14-12-13-38-17-26-44(27-18-38)67-45-28-19-40(20-29-45)36-58-37-51(69-70(7,8)57(4,5)6)47-31-33-50(62)53-48(47)32-34-52(63)60-53/h9-12,14-21,26-35,42-43,51,58,62H,13,22-25,36-37H2,1-8H3,(H,59,64)(H,60,63)(H,65,66)/b14-12+/t42?,43?,51-/m0/s1. The van der Waals surface area contributed by atoms with E-state index in [0.29, 0.717) is 56.4 Å². The molecule has 368 valence electrons. The van der Waals surface area contributed by atoms with Crippen LogP contribution in [0.5, 0.6) is 17.2 Å². The Bertz CT molecular complexity index is 2820. The fraction of sp³-hybridized carbons (Fsp3) is 0.351. The maximum atomic E-state index is 13.1. The normalized spacial score (nSPS) is 15.9. The number of hydrogen-bond acceptors (Lipinski definition) is 8. The fourth-order valence-corrected chi connectivity index (χ4v) is 9.87. The average molecular weight is 965 g/mol. The number of allylic oxidation sites excluding steroid dienone is 1. The van der Waals surface area contributed by atoms with Crippen LogP contribution in [0.2, 0.25) is 18.1 Å². The van der Waals surface area contributed by atoms with Gasteiger partial charge in [0.1, 0.15) is 22.8 Å². The molecule has 0 bridgehead atoms. The summed E-state index contributed by atoms with van der Waals surface area (Å²) in [7, 11) is -2.22. The minimum absolute atomic E-state index is 0.0230. The molecule has 12 nitrogen and oxygen atoms in total. The third-order valence-corrected chi connectivity index (χ3v) is 17.7. The van der Waals surface area contributed by atoms with Crippen molar-refractivity contribution in [2.24, 2.45) is 0 Å². The molecule has 1 heterocycles. The van der Waals surface area contributed by atoms with Crippen LogP contribution in [0.25, 0.3) is 28.1 Å². The Hall–Kier alpha value is -6.67. The quantitative estimate of drug-likeness (QED) is 0.0594. The minimum atomic E-state index is -2.22. The molecule has 0 aliphatic heterocycles. The van der Waals surface area contributed by atoms with E-state index in [4.69, 9.17) is 13.9 Å². The lowest BCUT2D eigenvalue weighted by Gasteiger charge is -2.39. The van der Waals surface area contributed by atoms with Crippen LogP contribution in [0.3, 0.4) is 0 Å². The van der Waals surface area contributed by atoms with E-state index in [1.807, 2.05) is 130 Å². The van der Waals surface area contributed by atoms with Gasteiger partial charge in [-0.1, -0.05) is 106 Å². The molecule has 1 aliphatic carbocycles. The lowest BCUT2D eigenvalue weighted by molar-refractivity contribution is 0.0490. The highest BCUT2D eigenvalue weighted by molar-refractivity contribution is 6.74. The molecule has 1 saturated carbocycles. The molecule has 1 atom stereocenters. The van der Waals surface area contributed by atoms with Gasteiger partial charge in [-0.15, -0.1) is 0 Å². The fourth-order valence-electron chi connectivity index (χ4n) is 8.59. The third-order valence-electron chi connectivity index (χ3n) is 13.3. The molecule has 0 unspecified atom stereocenters. The monoisotopic (exact) mass is 964 g/mol. The Morgan fingerprint density at radius 3 is 2.11 bits per heavy atom. The van der Waals surface area contributed by atoms with Gasteiger partial charge in [-0.3, -0.25) is 9.69 Å². The van der Waals surface area contributed by atoms with Gasteiger partial charge in [0.2, 0.25) is 5.56 Å². The summed E-state index contributed by atoms with van der Waals surface area (Å²) < 4.78 is 18.6. The summed E-state index contributed by atoms with van der Waals surface area (Å²) >= 11 is 0. The first-order valence-electron chi connectivity index (χ1n) is 24.2. The molecule has 1 fully saturated rings. The second-order valence-electron chi connectivity index (χ2n) is 20.7. The van der Waals surface area contributed by atoms with Gasteiger partial charge in [-0.25, -0.2) is 9.59 Å². The molecule has 6 aromatic rings. The Morgan fingerprint density at radius 1 is 0.829 bits per heavy atom. The van der Waals surface area contributed by atoms with Crippen molar-refractivity contribution >= 4 is 43.2 Å². The van der Waals surface area contributed by atoms with Gasteiger partial charge in [-0.2, -0.15) is 0 Å². The number of fused-ring (bicyclic) bond motifs is 1. The molecule has 2 amide bonds. The first kappa shape index (κ1) is 51.2. The number of hydrogen-bond donors (Lipinski definition) is 5. The van der Waals surface area contributed by atoms with Crippen LogP contribution in [-0.2, 0) is 22.1 Å². The van der Waals surface area contributed by atoms with E-state index in [9.17, 15) is 24.6 Å². The van der Waals surface area contributed by atoms with Gasteiger partial charge in [-0.05, 0) is 141 Å². The first-order chi connectivity index (χ1) is 33.2. The number of ether oxygens (including phenoxy) is 2. The average Bonchev–Trinajstić information content (AvgIpc) is 3.30. The number of rotatable bonds is 16. The van der Waals surface area contributed by atoms with Crippen molar-refractivity contribution in [2.45, 2.75) is 122 Å². The van der Waals surface area contributed by atoms with Crippen molar-refractivity contribution in [2.75, 3.05) is 11.4 Å². The zero-order chi connectivity index (χ0) is 50.2. The number of phenols is 1. The SMILES string of the molecule is CC(C)(C)OC(=O)NC1CCC(N(C(=O)O)c2cc(/C=C/Cc3ccc(Oc4ccc(CNC[C@H](O[Si](C)(C)C(C)(C)C)c5ccc(O)c6[nH]c(=O)ccc56)cc4)cc3)ccc2-c2ccccc2)CC1. The van der Waals surface area contributed by atoms with Gasteiger partial charge in [0.25, 0.3) is 0 Å². The molecule has 1 aliphatic rings. The topological polar surface area (TPSA) is 162 Å². The Labute approximate surface area is 412 Å². The van der Waals surface area contributed by atoms with E-state index in [0.717, 1.165) is 50.3 Å². The Balaban J connectivity index is 0.964. The first-order valence-corrected chi connectivity index (χ1v) is 27.1. The second kappa shape index (κ2) is 22.0. The Kier molecular flexibility index (Phi) is 16.1. The number of aromatic nitrogens is 1. The molecular weight excluding hydrogens is 897 g/mol. The highest BCUT2D eigenvalue weighted by atomic mass is 28.4. The number of nitrogens with one attached hydrogen (secondary N) is 3. The molecule has 5 N–H and O–H groups in total. The van der Waals surface area contributed by atoms with Crippen LogP contribution in [0.4, 0.5) is 15.3 Å². The highest BCUT2D eigenvalue weighted by Gasteiger charge is 2.40. The van der Waals surface area contributed by atoms with Crippen LogP contribution in [0, 0.1) is 0 Å². The van der Waals surface area contributed by atoms with Crippen LogP contribution in [0.15, 0.2) is 132 Å². The number of pyridine rings is 1. The van der Waals surface area contributed by atoms with Crippen LogP contribution < -0.4 is 25.8 Å². The van der Waals surface area contributed by atoms with Crippen molar-refractivity contribution in [1.29, 1.82) is 0 Å². The van der Waals surface area contributed by atoms with E-state index >= 15 is 0 Å². The molecule has 1 aromatic heterocycles. The maximum Gasteiger partial charge on any atom is 0.412 e. The number of phenolic OH excluding ortho intramolecular Hbond substituents is 1. The number of anilines is 1. The van der Waals surface area contributed by atoms with E-state index < -0.39 is 26.1 Å². The number of aromatic hydroxyl groups is 1. The predicted molar refractivity (Wildman–Crippen MR) is 282 cm³/mol. The smallest absolute Gasteiger partial charge is 0.412 e. The minimum Gasteiger partial charge on any atom is -0.506 e. The number of H-pyrrole nitrogens is 1. The van der Waals surface area contributed by atoms with Crippen LogP contribution in [-0.4, -0.2) is 59.9 Å².